The predicted octanol–water partition coefficient (Wildman–Crippen LogP) is 3.86. The molecule has 1 aromatic carbocycles. The van der Waals surface area contributed by atoms with E-state index in [1.165, 1.54) is 11.3 Å². The van der Waals surface area contributed by atoms with Crippen molar-refractivity contribution in [2.24, 2.45) is 5.92 Å². The lowest BCUT2D eigenvalue weighted by Gasteiger charge is -2.04. The Balaban J connectivity index is 1.42. The zero-order chi connectivity index (χ0) is 15.9. The van der Waals surface area contributed by atoms with Crippen molar-refractivity contribution in [2.45, 2.75) is 32.5 Å². The summed E-state index contributed by atoms with van der Waals surface area (Å²) in [4.78, 5) is 17.4. The second kappa shape index (κ2) is 8.34. The molecule has 0 radical (unpaired) electrons. The Morgan fingerprint density at radius 2 is 2.17 bits per heavy atom. The highest BCUT2D eigenvalue weighted by molar-refractivity contribution is 7.13. The fourth-order valence-electron chi connectivity index (χ4n) is 2.60. The molecule has 0 N–H and O–H groups in total. The first-order valence-electron chi connectivity index (χ1n) is 7.98. The number of aromatic nitrogens is 1. The fraction of sp³-hybridized carbons (Fsp3) is 0.444. The Bertz CT molecular complexity index is 620. The number of carbonyl (C=O) groups is 1. The lowest BCUT2D eigenvalue weighted by molar-refractivity contribution is 0.0971. The number of rotatable bonds is 8. The molecule has 0 aliphatic carbocycles. The molecule has 1 unspecified atom stereocenters. The standard InChI is InChI=1S/C18H21NO3S/c20-17(7-6-15-8-9-21-11-15)18-19-10-16(23-18)13-22-12-14-4-2-1-3-5-14/h1-5,10,15H,6-9,11-13H2. The quantitative estimate of drug-likeness (QED) is 0.689. The molecule has 1 aliphatic rings. The maximum absolute atomic E-state index is 12.2. The van der Waals surface area contributed by atoms with E-state index in [1.807, 2.05) is 30.3 Å². The molecule has 23 heavy (non-hydrogen) atoms. The van der Waals surface area contributed by atoms with Gasteiger partial charge in [-0.15, -0.1) is 11.3 Å². The number of ether oxygens (including phenoxy) is 2. The first-order valence-corrected chi connectivity index (χ1v) is 8.80. The van der Waals surface area contributed by atoms with Gasteiger partial charge in [0.1, 0.15) is 0 Å². The van der Waals surface area contributed by atoms with Crippen molar-refractivity contribution in [3.05, 3.63) is 52.0 Å². The van der Waals surface area contributed by atoms with Crippen LogP contribution in [-0.2, 0) is 22.7 Å². The lowest BCUT2D eigenvalue weighted by Crippen LogP contribution is -2.04. The Morgan fingerprint density at radius 3 is 2.96 bits per heavy atom. The van der Waals surface area contributed by atoms with Crippen molar-refractivity contribution in [3.8, 4) is 0 Å². The minimum Gasteiger partial charge on any atom is -0.381 e. The van der Waals surface area contributed by atoms with Crippen molar-refractivity contribution in [2.75, 3.05) is 13.2 Å². The molecule has 3 rings (SSSR count). The molecule has 1 aliphatic heterocycles. The molecule has 0 spiro atoms. The SMILES string of the molecule is O=C(CCC1CCOC1)c1ncc(COCc2ccccc2)s1. The molecule has 0 saturated carbocycles. The molecule has 1 fully saturated rings. The third-order valence-electron chi connectivity index (χ3n) is 3.95. The maximum atomic E-state index is 12.2. The van der Waals surface area contributed by atoms with Crippen LogP contribution < -0.4 is 0 Å². The van der Waals surface area contributed by atoms with Gasteiger partial charge in [0.25, 0.3) is 0 Å². The van der Waals surface area contributed by atoms with Crippen LogP contribution in [0.15, 0.2) is 36.5 Å². The zero-order valence-corrected chi connectivity index (χ0v) is 13.9. The average Bonchev–Trinajstić information content (AvgIpc) is 3.25. The van der Waals surface area contributed by atoms with Crippen molar-refractivity contribution >= 4 is 17.1 Å². The van der Waals surface area contributed by atoms with E-state index in [1.54, 1.807) is 6.20 Å². The number of Topliss-reactive ketones (excluding diaryl/α,β-unsaturated/α-hetero) is 1. The lowest BCUT2D eigenvalue weighted by atomic mass is 10.0. The van der Waals surface area contributed by atoms with Crippen LogP contribution >= 0.6 is 11.3 Å². The summed E-state index contributed by atoms with van der Waals surface area (Å²) >= 11 is 1.44. The van der Waals surface area contributed by atoms with Crippen LogP contribution in [-0.4, -0.2) is 24.0 Å². The molecule has 1 aromatic heterocycles. The highest BCUT2D eigenvalue weighted by atomic mass is 32.1. The summed E-state index contributed by atoms with van der Waals surface area (Å²) in [5.74, 6) is 0.670. The van der Waals surface area contributed by atoms with Crippen molar-refractivity contribution in [1.82, 2.24) is 4.98 Å². The van der Waals surface area contributed by atoms with E-state index >= 15 is 0 Å². The smallest absolute Gasteiger partial charge is 0.191 e. The predicted molar refractivity (Wildman–Crippen MR) is 89.5 cm³/mol. The van der Waals surface area contributed by atoms with Gasteiger partial charge in [-0.25, -0.2) is 4.98 Å². The van der Waals surface area contributed by atoms with Gasteiger partial charge in [-0.3, -0.25) is 4.79 Å². The van der Waals surface area contributed by atoms with Gasteiger partial charge in [0.15, 0.2) is 10.8 Å². The van der Waals surface area contributed by atoms with E-state index in [9.17, 15) is 4.79 Å². The van der Waals surface area contributed by atoms with Gasteiger partial charge in [-0.05, 0) is 24.3 Å². The monoisotopic (exact) mass is 331 g/mol. The van der Waals surface area contributed by atoms with Gasteiger partial charge in [-0.2, -0.15) is 0 Å². The van der Waals surface area contributed by atoms with Gasteiger partial charge in [-0.1, -0.05) is 30.3 Å². The second-order valence-electron chi connectivity index (χ2n) is 5.80. The Labute approximate surface area is 140 Å². The van der Waals surface area contributed by atoms with E-state index in [0.29, 0.717) is 30.6 Å². The highest BCUT2D eigenvalue weighted by Gasteiger charge is 2.18. The first kappa shape index (κ1) is 16.3. The molecule has 0 amide bonds. The van der Waals surface area contributed by atoms with Crippen LogP contribution in [0.2, 0.25) is 0 Å². The van der Waals surface area contributed by atoms with Gasteiger partial charge in [0, 0.05) is 25.8 Å². The third kappa shape index (κ3) is 4.96. The first-order chi connectivity index (χ1) is 11.3. The maximum Gasteiger partial charge on any atom is 0.191 e. The molecule has 122 valence electrons. The number of carbonyl (C=O) groups excluding carboxylic acids is 1. The largest absolute Gasteiger partial charge is 0.381 e. The molecule has 1 saturated heterocycles. The van der Waals surface area contributed by atoms with Gasteiger partial charge < -0.3 is 9.47 Å². The van der Waals surface area contributed by atoms with E-state index in [4.69, 9.17) is 9.47 Å². The molecule has 1 atom stereocenters. The van der Waals surface area contributed by atoms with Crippen molar-refractivity contribution in [1.29, 1.82) is 0 Å². The molecular weight excluding hydrogens is 310 g/mol. The van der Waals surface area contributed by atoms with E-state index in [2.05, 4.69) is 4.98 Å². The van der Waals surface area contributed by atoms with Gasteiger partial charge in [0.2, 0.25) is 0 Å². The van der Waals surface area contributed by atoms with Crippen LogP contribution in [0, 0.1) is 5.92 Å². The van der Waals surface area contributed by atoms with Crippen LogP contribution in [0.1, 0.15) is 39.5 Å². The van der Waals surface area contributed by atoms with Crippen molar-refractivity contribution in [3.63, 3.8) is 0 Å². The third-order valence-corrected chi connectivity index (χ3v) is 4.96. The number of nitrogens with zero attached hydrogens (tertiary/aromatic N) is 1. The molecule has 5 heteroatoms. The number of hydrogen-bond acceptors (Lipinski definition) is 5. The normalized spacial score (nSPS) is 17.5. The molecular formula is C18H21NO3S. The minimum atomic E-state index is 0.135. The zero-order valence-electron chi connectivity index (χ0n) is 13.1. The summed E-state index contributed by atoms with van der Waals surface area (Å²) in [6, 6.07) is 10.1. The number of thiazole rings is 1. The summed E-state index contributed by atoms with van der Waals surface area (Å²) in [6.07, 6.45) is 4.29. The molecule has 2 aromatic rings. The number of benzene rings is 1. The van der Waals surface area contributed by atoms with E-state index < -0.39 is 0 Å². The topological polar surface area (TPSA) is 48.4 Å². The fourth-order valence-corrected chi connectivity index (χ4v) is 3.42. The minimum absolute atomic E-state index is 0.135. The summed E-state index contributed by atoms with van der Waals surface area (Å²) in [6.45, 7) is 2.70. The summed E-state index contributed by atoms with van der Waals surface area (Å²) in [5.41, 5.74) is 1.15. The summed E-state index contributed by atoms with van der Waals surface area (Å²) in [7, 11) is 0. The van der Waals surface area contributed by atoms with Crippen LogP contribution in [0.5, 0.6) is 0 Å². The van der Waals surface area contributed by atoms with Gasteiger partial charge >= 0.3 is 0 Å². The van der Waals surface area contributed by atoms with Crippen LogP contribution in [0.3, 0.4) is 0 Å². The van der Waals surface area contributed by atoms with Crippen LogP contribution in [0.25, 0.3) is 0 Å². The van der Waals surface area contributed by atoms with E-state index in [-0.39, 0.29) is 5.78 Å². The van der Waals surface area contributed by atoms with Crippen LogP contribution in [0.4, 0.5) is 0 Å². The molecule has 0 bridgehead atoms. The summed E-state index contributed by atoms with van der Waals surface area (Å²) in [5, 5.41) is 0.599. The Kier molecular flexibility index (Phi) is 5.91. The van der Waals surface area contributed by atoms with Gasteiger partial charge in [0.05, 0.1) is 18.1 Å². The summed E-state index contributed by atoms with van der Waals surface area (Å²) < 4.78 is 11.0. The second-order valence-corrected chi connectivity index (χ2v) is 6.92. The number of hydrogen-bond donors (Lipinski definition) is 0. The molecule has 4 nitrogen and oxygen atoms in total. The van der Waals surface area contributed by atoms with Crippen molar-refractivity contribution < 1.29 is 14.3 Å². The Morgan fingerprint density at radius 1 is 1.30 bits per heavy atom. The number of ketones is 1. The van der Waals surface area contributed by atoms with E-state index in [0.717, 1.165) is 36.5 Å². The average molecular weight is 331 g/mol. The molecule has 2 heterocycles. The highest BCUT2D eigenvalue weighted by Crippen LogP contribution is 2.21. The Hall–Kier alpha value is -1.56.